The Hall–Kier alpha value is -3.20. The van der Waals surface area contributed by atoms with E-state index in [-0.39, 0.29) is 24.0 Å². The van der Waals surface area contributed by atoms with Crippen LogP contribution in [-0.2, 0) is 9.53 Å². The summed E-state index contributed by atoms with van der Waals surface area (Å²) in [5.74, 6) is -0.592. The molecule has 1 N–H and O–H groups in total. The zero-order valence-electron chi connectivity index (χ0n) is 15.5. The van der Waals surface area contributed by atoms with Gasteiger partial charge in [-0.3, -0.25) is 10.1 Å². The number of fused-ring (bicyclic) bond motifs is 1. The molecule has 0 spiro atoms. The number of carbonyl (C=O) groups is 2. The molecule has 3 rings (SSSR count). The number of carbonyl (C=O) groups excluding carboxylic acids is 2. The van der Waals surface area contributed by atoms with Gasteiger partial charge in [0.1, 0.15) is 11.3 Å². The van der Waals surface area contributed by atoms with Gasteiger partial charge in [0.05, 0.1) is 6.61 Å². The molecule has 2 aromatic heterocycles. The average molecular weight is 402 g/mol. The van der Waals surface area contributed by atoms with Crippen LogP contribution in [0.2, 0.25) is 0 Å². The van der Waals surface area contributed by atoms with Gasteiger partial charge < -0.3 is 13.9 Å². The number of hydrogen-bond donors (Lipinski definition) is 1. The monoisotopic (exact) mass is 402 g/mol. The average Bonchev–Trinajstić information content (AvgIpc) is 3.13. The lowest BCUT2D eigenvalue weighted by molar-refractivity contribution is -0.118. The Labute approximate surface area is 164 Å². The van der Waals surface area contributed by atoms with Crippen molar-refractivity contribution in [3.8, 4) is 5.75 Å². The van der Waals surface area contributed by atoms with E-state index < -0.39 is 17.5 Å². The summed E-state index contributed by atoms with van der Waals surface area (Å²) in [5, 5.41) is 5.14. The summed E-state index contributed by atoms with van der Waals surface area (Å²) < 4.78 is 15.6. The van der Waals surface area contributed by atoms with E-state index in [9.17, 15) is 14.4 Å². The smallest absolute Gasteiger partial charge is 0.357 e. The van der Waals surface area contributed by atoms with E-state index in [1.807, 2.05) is 6.92 Å². The summed E-state index contributed by atoms with van der Waals surface area (Å²) >= 11 is 1.11. The molecule has 0 aliphatic carbocycles. The van der Waals surface area contributed by atoms with Crippen LogP contribution in [0.1, 0.15) is 28.5 Å². The Balaban J connectivity index is 1.64. The molecule has 0 fully saturated rings. The molecule has 8 nitrogen and oxygen atoms in total. The molecule has 0 unspecified atom stereocenters. The van der Waals surface area contributed by atoms with Crippen LogP contribution < -0.4 is 15.7 Å². The topological polar surface area (TPSA) is 108 Å². The summed E-state index contributed by atoms with van der Waals surface area (Å²) in [6, 6.07) is 5.04. The van der Waals surface area contributed by atoms with Gasteiger partial charge in [-0.05, 0) is 38.5 Å². The van der Waals surface area contributed by atoms with Crippen LogP contribution in [0.4, 0.5) is 5.13 Å². The van der Waals surface area contributed by atoms with E-state index in [2.05, 4.69) is 10.3 Å². The van der Waals surface area contributed by atoms with Crippen molar-refractivity contribution in [2.45, 2.75) is 20.8 Å². The minimum absolute atomic E-state index is 0.137. The Morgan fingerprint density at radius 3 is 2.79 bits per heavy atom. The van der Waals surface area contributed by atoms with E-state index in [0.717, 1.165) is 22.3 Å². The maximum absolute atomic E-state index is 12.0. The molecule has 0 aliphatic heterocycles. The molecular weight excluding hydrogens is 384 g/mol. The summed E-state index contributed by atoms with van der Waals surface area (Å²) in [4.78, 5) is 39.4. The second kappa shape index (κ2) is 8.22. The van der Waals surface area contributed by atoms with E-state index in [0.29, 0.717) is 16.9 Å². The van der Waals surface area contributed by atoms with Crippen LogP contribution >= 0.6 is 11.3 Å². The Morgan fingerprint density at radius 1 is 1.25 bits per heavy atom. The van der Waals surface area contributed by atoms with Gasteiger partial charge in [-0.1, -0.05) is 0 Å². The van der Waals surface area contributed by atoms with E-state index in [1.54, 1.807) is 32.0 Å². The van der Waals surface area contributed by atoms with Gasteiger partial charge in [0.25, 0.3) is 5.91 Å². The molecular formula is C19H18N2O6S. The lowest BCUT2D eigenvalue weighted by Crippen LogP contribution is -2.20. The van der Waals surface area contributed by atoms with Crippen molar-refractivity contribution in [3.05, 3.63) is 50.8 Å². The Morgan fingerprint density at radius 2 is 2.04 bits per heavy atom. The highest BCUT2D eigenvalue weighted by Crippen LogP contribution is 2.24. The van der Waals surface area contributed by atoms with Crippen LogP contribution in [0.25, 0.3) is 11.0 Å². The molecule has 0 saturated carbocycles. The van der Waals surface area contributed by atoms with Gasteiger partial charge in [0.2, 0.25) is 0 Å². The lowest BCUT2D eigenvalue weighted by Gasteiger charge is -2.08. The number of hydrogen-bond acceptors (Lipinski definition) is 8. The number of benzene rings is 1. The molecule has 0 bridgehead atoms. The number of nitrogens with one attached hydrogen (secondary N) is 1. The van der Waals surface area contributed by atoms with Gasteiger partial charge in [-0.15, -0.1) is 11.3 Å². The van der Waals surface area contributed by atoms with Crippen molar-refractivity contribution in [2.75, 3.05) is 18.5 Å². The molecule has 9 heteroatoms. The minimum Gasteiger partial charge on any atom is -0.484 e. The highest BCUT2D eigenvalue weighted by Gasteiger charge is 2.14. The van der Waals surface area contributed by atoms with Crippen molar-refractivity contribution in [1.82, 2.24) is 4.98 Å². The van der Waals surface area contributed by atoms with Gasteiger partial charge >= 0.3 is 11.6 Å². The molecule has 0 saturated heterocycles. The third-order valence-corrected chi connectivity index (χ3v) is 4.79. The number of rotatable bonds is 6. The fourth-order valence-corrected chi connectivity index (χ4v) is 3.15. The number of thiazole rings is 1. The first-order chi connectivity index (χ1) is 13.4. The van der Waals surface area contributed by atoms with Crippen molar-refractivity contribution in [2.24, 2.45) is 0 Å². The number of esters is 1. The maximum atomic E-state index is 12.0. The van der Waals surface area contributed by atoms with Crippen LogP contribution in [0.15, 0.2) is 32.8 Å². The largest absolute Gasteiger partial charge is 0.484 e. The van der Waals surface area contributed by atoms with E-state index >= 15 is 0 Å². The molecule has 0 radical (unpaired) electrons. The number of ether oxygens (including phenoxy) is 2. The van der Waals surface area contributed by atoms with Gasteiger partial charge in [0.15, 0.2) is 17.4 Å². The fraction of sp³-hybridized carbons (Fsp3) is 0.263. The van der Waals surface area contributed by atoms with Gasteiger partial charge in [-0.25, -0.2) is 14.6 Å². The normalized spacial score (nSPS) is 10.7. The number of amides is 1. The van der Waals surface area contributed by atoms with Crippen molar-refractivity contribution < 1.29 is 23.5 Å². The van der Waals surface area contributed by atoms with Gasteiger partial charge in [-0.2, -0.15) is 0 Å². The minimum atomic E-state index is -0.543. The lowest BCUT2D eigenvalue weighted by atomic mass is 10.1. The SMILES string of the molecule is CCOC(=O)c1csc(NC(=O)COc2ccc3c(C)c(C)c(=O)oc3c2)n1. The first-order valence-electron chi connectivity index (χ1n) is 8.48. The first-order valence-corrected chi connectivity index (χ1v) is 9.36. The Kier molecular flexibility index (Phi) is 5.74. The number of aromatic nitrogens is 1. The molecule has 146 valence electrons. The predicted octanol–water partition coefficient (Wildman–Crippen LogP) is 3.06. The molecule has 2 heterocycles. The maximum Gasteiger partial charge on any atom is 0.357 e. The first kappa shape index (κ1) is 19.6. The zero-order chi connectivity index (χ0) is 20.3. The molecule has 3 aromatic rings. The zero-order valence-corrected chi connectivity index (χ0v) is 16.3. The fourth-order valence-electron chi connectivity index (χ4n) is 2.45. The quantitative estimate of drug-likeness (QED) is 0.499. The number of anilines is 1. The van der Waals surface area contributed by atoms with Crippen LogP contribution in [-0.4, -0.2) is 30.1 Å². The molecule has 0 aliphatic rings. The predicted molar refractivity (Wildman–Crippen MR) is 104 cm³/mol. The van der Waals surface area contributed by atoms with Crippen LogP contribution in [0, 0.1) is 13.8 Å². The summed E-state index contributed by atoms with van der Waals surface area (Å²) in [6.07, 6.45) is 0. The second-order valence-corrected chi connectivity index (χ2v) is 6.75. The van der Waals surface area contributed by atoms with E-state index in [4.69, 9.17) is 13.9 Å². The summed E-state index contributed by atoms with van der Waals surface area (Å²) in [6.45, 7) is 5.24. The standard InChI is InChI=1S/C19H18N2O6S/c1-4-25-18(24)14-9-28-19(20-14)21-16(22)8-26-12-5-6-13-10(2)11(3)17(23)27-15(13)7-12/h5-7,9H,4,8H2,1-3H3,(H,20,21,22). The number of nitrogens with zero attached hydrogens (tertiary/aromatic N) is 1. The molecule has 0 atom stereocenters. The summed E-state index contributed by atoms with van der Waals surface area (Å²) in [5.41, 5.74) is 1.53. The molecule has 28 heavy (non-hydrogen) atoms. The highest BCUT2D eigenvalue weighted by molar-refractivity contribution is 7.14. The third kappa shape index (κ3) is 4.20. The van der Waals surface area contributed by atoms with Crippen molar-refractivity contribution >= 4 is 39.3 Å². The molecule has 1 aromatic carbocycles. The molecule has 1 amide bonds. The van der Waals surface area contributed by atoms with Gasteiger partial charge in [0, 0.05) is 22.4 Å². The summed E-state index contributed by atoms with van der Waals surface area (Å²) in [7, 11) is 0. The van der Waals surface area contributed by atoms with Crippen LogP contribution in [0.5, 0.6) is 5.75 Å². The third-order valence-electron chi connectivity index (χ3n) is 4.03. The van der Waals surface area contributed by atoms with Crippen LogP contribution in [0.3, 0.4) is 0 Å². The van der Waals surface area contributed by atoms with E-state index in [1.165, 1.54) is 5.38 Å². The Bertz CT molecular complexity index is 1100. The van der Waals surface area contributed by atoms with Crippen molar-refractivity contribution in [3.63, 3.8) is 0 Å². The second-order valence-electron chi connectivity index (χ2n) is 5.89. The highest BCUT2D eigenvalue weighted by atomic mass is 32.1. The number of aryl methyl sites for hydroxylation is 1. The van der Waals surface area contributed by atoms with Crippen molar-refractivity contribution in [1.29, 1.82) is 0 Å².